The SMILES string of the molecule is CC(c1ccccn1)C(N)C(C)(C)S(C)(=O)=O. The van der Waals surface area contributed by atoms with Crippen LogP contribution in [0.2, 0.25) is 0 Å². The van der Waals surface area contributed by atoms with Gasteiger partial charge in [0.15, 0.2) is 9.84 Å². The summed E-state index contributed by atoms with van der Waals surface area (Å²) in [5, 5.41) is 0. The number of hydrogen-bond acceptors (Lipinski definition) is 4. The Bertz CT molecular complexity index is 469. The second-order valence-corrected chi connectivity index (χ2v) is 7.54. The van der Waals surface area contributed by atoms with Gasteiger partial charge in [-0.3, -0.25) is 4.98 Å². The Labute approximate surface area is 103 Å². The fraction of sp³-hybridized carbons (Fsp3) is 0.583. The minimum atomic E-state index is -3.21. The molecule has 96 valence electrons. The predicted octanol–water partition coefficient (Wildman–Crippen LogP) is 1.34. The van der Waals surface area contributed by atoms with Crippen LogP contribution in [-0.2, 0) is 9.84 Å². The zero-order valence-electron chi connectivity index (χ0n) is 10.7. The molecule has 0 aliphatic rings. The average Bonchev–Trinajstić information content (AvgIpc) is 2.26. The zero-order chi connectivity index (χ0) is 13.3. The van der Waals surface area contributed by atoms with Crippen LogP contribution in [0.25, 0.3) is 0 Å². The molecule has 4 nitrogen and oxygen atoms in total. The van der Waals surface area contributed by atoms with E-state index in [0.29, 0.717) is 0 Å². The molecule has 0 fully saturated rings. The van der Waals surface area contributed by atoms with Gasteiger partial charge in [-0.25, -0.2) is 8.42 Å². The number of pyridine rings is 1. The van der Waals surface area contributed by atoms with Crippen LogP contribution in [0.4, 0.5) is 0 Å². The van der Waals surface area contributed by atoms with Gasteiger partial charge >= 0.3 is 0 Å². The van der Waals surface area contributed by atoms with Gasteiger partial charge in [-0.2, -0.15) is 0 Å². The lowest BCUT2D eigenvalue weighted by atomic mass is 9.89. The molecule has 0 bridgehead atoms. The number of aromatic nitrogens is 1. The fourth-order valence-electron chi connectivity index (χ4n) is 1.68. The lowest BCUT2D eigenvalue weighted by Crippen LogP contribution is -2.51. The summed E-state index contributed by atoms with van der Waals surface area (Å²) in [4.78, 5) is 4.22. The first-order chi connectivity index (χ1) is 7.68. The van der Waals surface area contributed by atoms with Crippen LogP contribution in [0.15, 0.2) is 24.4 Å². The van der Waals surface area contributed by atoms with Gasteiger partial charge in [-0.15, -0.1) is 0 Å². The quantitative estimate of drug-likeness (QED) is 0.882. The van der Waals surface area contributed by atoms with E-state index in [0.717, 1.165) is 5.69 Å². The molecule has 0 saturated carbocycles. The normalized spacial score (nSPS) is 16.5. The van der Waals surface area contributed by atoms with Gasteiger partial charge < -0.3 is 5.73 Å². The molecule has 1 rings (SSSR count). The molecule has 0 saturated heterocycles. The van der Waals surface area contributed by atoms with Crippen LogP contribution >= 0.6 is 0 Å². The van der Waals surface area contributed by atoms with Gasteiger partial charge in [0.2, 0.25) is 0 Å². The van der Waals surface area contributed by atoms with Gasteiger partial charge in [0.25, 0.3) is 0 Å². The molecule has 0 amide bonds. The Morgan fingerprint density at radius 3 is 2.35 bits per heavy atom. The van der Waals surface area contributed by atoms with Crippen molar-refractivity contribution >= 4 is 9.84 Å². The van der Waals surface area contributed by atoms with E-state index in [1.54, 1.807) is 20.0 Å². The molecular weight excluding hydrogens is 236 g/mol. The lowest BCUT2D eigenvalue weighted by Gasteiger charge is -2.33. The van der Waals surface area contributed by atoms with E-state index in [-0.39, 0.29) is 5.92 Å². The monoisotopic (exact) mass is 256 g/mol. The Balaban J connectivity index is 3.03. The van der Waals surface area contributed by atoms with Crippen LogP contribution in [0.5, 0.6) is 0 Å². The smallest absolute Gasteiger partial charge is 0.154 e. The maximum atomic E-state index is 11.7. The van der Waals surface area contributed by atoms with E-state index < -0.39 is 20.6 Å². The number of hydrogen-bond donors (Lipinski definition) is 1. The summed E-state index contributed by atoms with van der Waals surface area (Å²) in [6, 6.07) is 5.07. The Morgan fingerprint density at radius 2 is 1.94 bits per heavy atom. The number of nitrogens with zero attached hydrogens (tertiary/aromatic N) is 1. The summed E-state index contributed by atoms with van der Waals surface area (Å²) in [6.45, 7) is 5.22. The Hall–Kier alpha value is -0.940. The van der Waals surface area contributed by atoms with Gasteiger partial charge in [0, 0.05) is 30.1 Å². The van der Waals surface area contributed by atoms with Crippen molar-refractivity contribution in [1.29, 1.82) is 0 Å². The minimum absolute atomic E-state index is 0.110. The molecule has 2 atom stereocenters. The first-order valence-corrected chi connectivity index (χ1v) is 7.43. The van der Waals surface area contributed by atoms with Crippen molar-refractivity contribution in [3.63, 3.8) is 0 Å². The average molecular weight is 256 g/mol. The van der Waals surface area contributed by atoms with Gasteiger partial charge in [-0.05, 0) is 26.0 Å². The van der Waals surface area contributed by atoms with Crippen molar-refractivity contribution in [2.75, 3.05) is 6.26 Å². The maximum absolute atomic E-state index is 11.7. The van der Waals surface area contributed by atoms with E-state index in [1.165, 1.54) is 6.26 Å². The highest BCUT2D eigenvalue weighted by molar-refractivity contribution is 7.92. The number of nitrogens with two attached hydrogens (primary N) is 1. The minimum Gasteiger partial charge on any atom is -0.326 e. The molecule has 1 aromatic rings. The highest BCUT2D eigenvalue weighted by atomic mass is 32.2. The number of sulfone groups is 1. The lowest BCUT2D eigenvalue weighted by molar-refractivity contribution is 0.434. The highest BCUT2D eigenvalue weighted by Gasteiger charge is 2.40. The standard InChI is InChI=1S/C12H20N2O2S/c1-9(10-7-5-6-8-14-10)11(13)12(2,3)17(4,15)16/h5-9,11H,13H2,1-4H3. The molecular formula is C12H20N2O2S. The molecule has 0 spiro atoms. The summed E-state index contributed by atoms with van der Waals surface area (Å²) < 4.78 is 22.5. The van der Waals surface area contributed by atoms with Crippen molar-refractivity contribution in [2.24, 2.45) is 5.73 Å². The summed E-state index contributed by atoms with van der Waals surface area (Å²) in [6.07, 6.45) is 2.91. The Morgan fingerprint density at radius 1 is 1.35 bits per heavy atom. The molecule has 1 heterocycles. The van der Waals surface area contributed by atoms with Crippen LogP contribution < -0.4 is 5.73 Å². The second kappa shape index (κ2) is 4.74. The van der Waals surface area contributed by atoms with Crippen molar-refractivity contribution in [1.82, 2.24) is 4.98 Å². The van der Waals surface area contributed by atoms with Gasteiger partial charge in [0.1, 0.15) is 0 Å². The third-order valence-electron chi connectivity index (χ3n) is 3.45. The van der Waals surface area contributed by atoms with Crippen molar-refractivity contribution in [3.05, 3.63) is 30.1 Å². The maximum Gasteiger partial charge on any atom is 0.154 e. The van der Waals surface area contributed by atoms with Crippen LogP contribution in [0.1, 0.15) is 32.4 Å². The fourth-order valence-corrected chi connectivity index (χ4v) is 2.38. The zero-order valence-corrected chi connectivity index (χ0v) is 11.5. The summed E-state index contributed by atoms with van der Waals surface area (Å²) in [5.41, 5.74) is 6.91. The van der Waals surface area contributed by atoms with Crippen molar-refractivity contribution < 1.29 is 8.42 Å². The first kappa shape index (κ1) is 14.1. The molecule has 0 aromatic carbocycles. The molecule has 2 unspecified atom stereocenters. The molecule has 0 aliphatic carbocycles. The number of rotatable bonds is 4. The van der Waals surface area contributed by atoms with Gasteiger partial charge in [0.05, 0.1) is 4.75 Å². The van der Waals surface area contributed by atoms with E-state index in [2.05, 4.69) is 4.98 Å². The largest absolute Gasteiger partial charge is 0.326 e. The predicted molar refractivity (Wildman–Crippen MR) is 69.6 cm³/mol. The molecule has 5 heteroatoms. The summed E-state index contributed by atoms with van der Waals surface area (Å²) in [7, 11) is -3.21. The topological polar surface area (TPSA) is 73.0 Å². The van der Waals surface area contributed by atoms with E-state index in [1.807, 2.05) is 25.1 Å². The second-order valence-electron chi connectivity index (χ2n) is 4.94. The molecule has 1 aromatic heterocycles. The molecule has 2 N–H and O–H groups in total. The van der Waals surface area contributed by atoms with Crippen LogP contribution in [0.3, 0.4) is 0 Å². The van der Waals surface area contributed by atoms with E-state index in [9.17, 15) is 8.42 Å². The van der Waals surface area contributed by atoms with Crippen LogP contribution in [-0.4, -0.2) is 30.4 Å². The van der Waals surface area contributed by atoms with E-state index >= 15 is 0 Å². The molecule has 17 heavy (non-hydrogen) atoms. The Kier molecular flexibility index (Phi) is 3.94. The first-order valence-electron chi connectivity index (χ1n) is 5.54. The third kappa shape index (κ3) is 2.84. The summed E-state index contributed by atoms with van der Waals surface area (Å²) >= 11 is 0. The van der Waals surface area contributed by atoms with Crippen LogP contribution in [0, 0.1) is 0 Å². The molecule has 0 aliphatic heterocycles. The van der Waals surface area contributed by atoms with Crippen molar-refractivity contribution in [2.45, 2.75) is 37.5 Å². The third-order valence-corrected chi connectivity index (χ3v) is 5.63. The van der Waals surface area contributed by atoms with Crippen molar-refractivity contribution in [3.8, 4) is 0 Å². The highest BCUT2D eigenvalue weighted by Crippen LogP contribution is 2.28. The molecule has 0 radical (unpaired) electrons. The van der Waals surface area contributed by atoms with Gasteiger partial charge in [-0.1, -0.05) is 13.0 Å². The van der Waals surface area contributed by atoms with E-state index in [4.69, 9.17) is 5.73 Å². The summed E-state index contributed by atoms with van der Waals surface area (Å²) in [5.74, 6) is -0.110.